The Kier molecular flexibility index (Phi) is 7.51. The number of phenols is 1. The number of carbonyl (C=O) groups is 2. The van der Waals surface area contributed by atoms with Crippen LogP contribution >= 0.6 is 0 Å². The molecule has 32 heavy (non-hydrogen) atoms. The number of carboxylic acids is 1. The SMILES string of the molecule is CC(C(=O)C(N)Cc1c[nH]cn1)N1CC(Oc2ccc(CCB(O)O)c(O)c2C(=O)O)C1. The number of nitrogens with one attached hydrogen (secondary N) is 1. The van der Waals surface area contributed by atoms with Gasteiger partial charge in [0, 0.05) is 25.7 Å². The molecule has 12 heteroatoms. The molecule has 1 fully saturated rings. The van der Waals surface area contributed by atoms with Crippen LogP contribution in [0.15, 0.2) is 24.7 Å². The van der Waals surface area contributed by atoms with Crippen molar-refractivity contribution < 1.29 is 34.6 Å². The molecular weight excluding hydrogens is 419 g/mol. The normalized spacial score (nSPS) is 16.2. The molecule has 2 aromatic rings. The third kappa shape index (κ3) is 5.46. The van der Waals surface area contributed by atoms with Crippen molar-refractivity contribution in [3.63, 3.8) is 0 Å². The predicted octanol–water partition coefficient (Wildman–Crippen LogP) is -0.581. The number of rotatable bonds is 11. The molecule has 0 saturated carbocycles. The molecule has 172 valence electrons. The zero-order valence-electron chi connectivity index (χ0n) is 17.6. The number of ketones is 1. The summed E-state index contributed by atoms with van der Waals surface area (Å²) in [5.74, 6) is -1.92. The van der Waals surface area contributed by atoms with E-state index in [1.54, 1.807) is 13.1 Å². The maximum Gasteiger partial charge on any atom is 0.451 e. The second-order valence-corrected chi connectivity index (χ2v) is 7.91. The van der Waals surface area contributed by atoms with Crippen molar-refractivity contribution in [2.24, 2.45) is 5.73 Å². The van der Waals surface area contributed by atoms with E-state index in [1.165, 1.54) is 18.5 Å². The number of nitrogens with two attached hydrogens (primary N) is 1. The summed E-state index contributed by atoms with van der Waals surface area (Å²) in [7, 11) is -1.56. The molecule has 0 bridgehead atoms. The number of aromatic hydroxyl groups is 1. The van der Waals surface area contributed by atoms with Gasteiger partial charge in [0.25, 0.3) is 0 Å². The summed E-state index contributed by atoms with van der Waals surface area (Å²) in [6.07, 6.45) is 3.26. The lowest BCUT2D eigenvalue weighted by molar-refractivity contribution is -0.128. The molecule has 7 N–H and O–H groups in total. The highest BCUT2D eigenvalue weighted by Crippen LogP contribution is 2.34. The highest BCUT2D eigenvalue weighted by atomic mass is 16.5. The maximum absolute atomic E-state index is 12.6. The third-order valence-electron chi connectivity index (χ3n) is 5.59. The standard InChI is InChI=1S/C20H27BN4O7/c1-11(18(26)15(22)6-13-7-23-10-24-13)25-8-14(9-25)32-16-3-2-12(4-5-21(30)31)19(27)17(16)20(28)29/h2-3,7,10-11,14-15,27,30-31H,4-6,8-9,22H2,1H3,(H,23,24)(H,28,29). The van der Waals surface area contributed by atoms with Crippen LogP contribution in [0.2, 0.25) is 6.32 Å². The lowest BCUT2D eigenvalue weighted by Crippen LogP contribution is -2.61. The number of aryl methyl sites for hydroxylation is 1. The van der Waals surface area contributed by atoms with Crippen molar-refractivity contribution in [1.82, 2.24) is 14.9 Å². The van der Waals surface area contributed by atoms with Crippen molar-refractivity contribution in [2.45, 2.75) is 44.3 Å². The molecular formula is C20H27BN4O7. The number of carboxylic acid groups (broad SMARTS) is 1. The number of benzene rings is 1. The number of H-pyrrole nitrogens is 1. The predicted molar refractivity (Wildman–Crippen MR) is 114 cm³/mol. The zero-order valence-corrected chi connectivity index (χ0v) is 17.6. The largest absolute Gasteiger partial charge is 0.507 e. The quantitative estimate of drug-likeness (QED) is 0.244. The first-order chi connectivity index (χ1) is 15.2. The Labute approximate surface area is 185 Å². The molecule has 2 atom stereocenters. The molecule has 11 nitrogen and oxygen atoms in total. The summed E-state index contributed by atoms with van der Waals surface area (Å²) in [6, 6.07) is 1.83. The number of hydrogen-bond donors (Lipinski definition) is 6. The topological polar surface area (TPSA) is 182 Å². The third-order valence-corrected chi connectivity index (χ3v) is 5.59. The molecule has 1 aliphatic heterocycles. The van der Waals surface area contributed by atoms with Gasteiger partial charge < -0.3 is 35.7 Å². The van der Waals surface area contributed by atoms with Gasteiger partial charge in [-0.2, -0.15) is 0 Å². The number of likely N-dealkylation sites (tertiary alicyclic amines) is 1. The minimum atomic E-state index is -1.56. The number of imidazole rings is 1. The lowest BCUT2D eigenvalue weighted by atomic mass is 9.82. The van der Waals surface area contributed by atoms with Crippen LogP contribution in [0.25, 0.3) is 0 Å². The number of nitrogens with zero attached hydrogens (tertiary/aromatic N) is 2. The number of hydrogen-bond acceptors (Lipinski definition) is 9. The van der Waals surface area contributed by atoms with E-state index < -0.39 is 30.9 Å². The second kappa shape index (κ2) is 10.1. The van der Waals surface area contributed by atoms with Gasteiger partial charge in [0.15, 0.2) is 5.78 Å². The molecule has 2 heterocycles. The number of aromatic carboxylic acids is 1. The molecule has 1 aromatic carbocycles. The lowest BCUT2D eigenvalue weighted by Gasteiger charge is -2.42. The molecule has 1 saturated heterocycles. The number of Topliss-reactive ketones (excluding diaryl/α,β-unsaturated/α-hetero) is 1. The fourth-order valence-electron chi connectivity index (χ4n) is 3.67. The minimum Gasteiger partial charge on any atom is -0.507 e. The van der Waals surface area contributed by atoms with Gasteiger partial charge in [-0.3, -0.25) is 9.69 Å². The van der Waals surface area contributed by atoms with Gasteiger partial charge in [-0.1, -0.05) is 6.07 Å². The summed E-state index contributed by atoms with van der Waals surface area (Å²) < 4.78 is 5.77. The summed E-state index contributed by atoms with van der Waals surface area (Å²) in [6.45, 7) is 2.57. The molecule has 0 spiro atoms. The fraction of sp³-hybridized carbons (Fsp3) is 0.450. The molecule has 3 rings (SSSR count). The zero-order chi connectivity index (χ0) is 23.4. The van der Waals surface area contributed by atoms with Gasteiger partial charge >= 0.3 is 13.1 Å². The molecule has 1 aliphatic rings. The first-order valence-corrected chi connectivity index (χ1v) is 10.3. The van der Waals surface area contributed by atoms with Crippen molar-refractivity contribution in [1.29, 1.82) is 0 Å². The molecule has 2 unspecified atom stereocenters. The van der Waals surface area contributed by atoms with Crippen LogP contribution in [-0.2, 0) is 17.6 Å². The molecule has 0 aliphatic carbocycles. The average Bonchev–Trinajstić information content (AvgIpc) is 3.21. The van der Waals surface area contributed by atoms with E-state index in [4.69, 9.17) is 20.5 Å². The van der Waals surface area contributed by atoms with Crippen LogP contribution in [0.3, 0.4) is 0 Å². The van der Waals surface area contributed by atoms with Crippen LogP contribution in [0.4, 0.5) is 0 Å². The first-order valence-electron chi connectivity index (χ1n) is 10.3. The van der Waals surface area contributed by atoms with Gasteiger partial charge in [-0.25, -0.2) is 9.78 Å². The van der Waals surface area contributed by atoms with Gasteiger partial charge in [0.2, 0.25) is 0 Å². The maximum atomic E-state index is 12.6. The summed E-state index contributed by atoms with van der Waals surface area (Å²) in [4.78, 5) is 33.1. The summed E-state index contributed by atoms with van der Waals surface area (Å²) >= 11 is 0. The Morgan fingerprint density at radius 2 is 2.09 bits per heavy atom. The summed E-state index contributed by atoms with van der Waals surface area (Å²) in [5, 5.41) is 37.8. The summed E-state index contributed by atoms with van der Waals surface area (Å²) in [5.41, 5.74) is 6.64. The Bertz CT molecular complexity index is 948. The Balaban J connectivity index is 1.58. The van der Waals surface area contributed by atoms with E-state index in [2.05, 4.69) is 9.97 Å². The fourth-order valence-corrected chi connectivity index (χ4v) is 3.67. The van der Waals surface area contributed by atoms with Crippen molar-refractivity contribution in [3.8, 4) is 11.5 Å². The highest BCUT2D eigenvalue weighted by Gasteiger charge is 2.37. The Morgan fingerprint density at radius 3 is 2.69 bits per heavy atom. The number of carbonyl (C=O) groups excluding carboxylic acids is 1. The Morgan fingerprint density at radius 1 is 1.38 bits per heavy atom. The first kappa shape index (κ1) is 23.7. The van der Waals surface area contributed by atoms with E-state index in [-0.39, 0.29) is 41.5 Å². The van der Waals surface area contributed by atoms with Gasteiger partial charge in [0.05, 0.1) is 24.1 Å². The van der Waals surface area contributed by atoms with Gasteiger partial charge in [-0.05, 0) is 31.3 Å². The van der Waals surface area contributed by atoms with E-state index >= 15 is 0 Å². The van der Waals surface area contributed by atoms with Crippen LogP contribution in [0.5, 0.6) is 11.5 Å². The number of ether oxygens (including phenoxy) is 1. The van der Waals surface area contributed by atoms with Crippen molar-refractivity contribution >= 4 is 18.9 Å². The Hall–Kier alpha value is -2.93. The van der Waals surface area contributed by atoms with Gasteiger partial charge in [0.1, 0.15) is 23.2 Å². The second-order valence-electron chi connectivity index (χ2n) is 7.91. The molecule has 0 amide bonds. The average molecular weight is 446 g/mol. The highest BCUT2D eigenvalue weighted by molar-refractivity contribution is 6.41. The van der Waals surface area contributed by atoms with Crippen LogP contribution in [-0.4, -0.2) is 85.3 Å². The van der Waals surface area contributed by atoms with E-state index in [0.717, 1.165) is 0 Å². The van der Waals surface area contributed by atoms with Crippen molar-refractivity contribution in [2.75, 3.05) is 13.1 Å². The van der Waals surface area contributed by atoms with Gasteiger partial charge in [-0.15, -0.1) is 0 Å². The molecule has 1 aromatic heterocycles. The van der Waals surface area contributed by atoms with Crippen LogP contribution < -0.4 is 10.5 Å². The van der Waals surface area contributed by atoms with E-state index in [1.807, 2.05) is 4.90 Å². The van der Waals surface area contributed by atoms with Crippen molar-refractivity contribution in [3.05, 3.63) is 41.5 Å². The minimum absolute atomic E-state index is 0.0159. The van der Waals surface area contributed by atoms with Crippen LogP contribution in [0.1, 0.15) is 28.5 Å². The number of aromatic nitrogens is 2. The smallest absolute Gasteiger partial charge is 0.451 e. The van der Waals surface area contributed by atoms with Crippen LogP contribution in [0, 0.1) is 0 Å². The molecule has 0 radical (unpaired) electrons. The van der Waals surface area contributed by atoms with E-state index in [9.17, 15) is 19.8 Å². The monoisotopic (exact) mass is 446 g/mol. The van der Waals surface area contributed by atoms with E-state index in [0.29, 0.717) is 25.2 Å². The number of aromatic amines is 1.